The molecular weight excluding hydrogens is 266 g/mol. The van der Waals surface area contributed by atoms with Crippen LogP contribution in [0, 0.1) is 0 Å². The van der Waals surface area contributed by atoms with Crippen molar-refractivity contribution in [2.75, 3.05) is 22.6 Å². The van der Waals surface area contributed by atoms with Crippen LogP contribution in [0.15, 0.2) is 12.4 Å². The van der Waals surface area contributed by atoms with Crippen molar-refractivity contribution in [3.05, 3.63) is 12.4 Å². The number of hydrogen-bond acceptors (Lipinski definition) is 10. The van der Waals surface area contributed by atoms with Gasteiger partial charge in [-0.2, -0.15) is 4.98 Å². The normalized spacial score (nSPS) is 10.6. The molecule has 0 aliphatic carbocycles. The summed E-state index contributed by atoms with van der Waals surface area (Å²) >= 11 is 0. The molecule has 8 N–H and O–H groups in total. The molecule has 0 saturated carbocycles. The van der Waals surface area contributed by atoms with Gasteiger partial charge in [-0.25, -0.2) is 5.10 Å². The minimum atomic E-state index is 0.108. The number of aromatic amines is 1. The summed E-state index contributed by atoms with van der Waals surface area (Å²) in [6.45, 7) is 0. The Morgan fingerprint density at radius 1 is 1.15 bits per heavy atom. The summed E-state index contributed by atoms with van der Waals surface area (Å²) < 4.78 is 1.38. The number of hydrogen-bond donors (Lipinski definition) is 5. The quantitative estimate of drug-likeness (QED) is 0.244. The lowest BCUT2D eigenvalue weighted by Crippen LogP contribution is -2.46. The minimum absolute atomic E-state index is 0.108. The molecule has 20 heavy (non-hydrogen) atoms. The van der Waals surface area contributed by atoms with Crippen LogP contribution in [-0.4, -0.2) is 40.4 Å². The zero-order valence-electron chi connectivity index (χ0n) is 9.96. The zero-order chi connectivity index (χ0) is 14.1. The van der Waals surface area contributed by atoms with E-state index in [1.165, 1.54) is 21.9 Å². The predicted octanol–water partition coefficient (Wildman–Crippen LogP) is -2.92. The highest BCUT2D eigenvalue weighted by molar-refractivity contribution is 5.42. The van der Waals surface area contributed by atoms with Gasteiger partial charge < -0.3 is 11.5 Å². The molecule has 3 aromatic rings. The lowest BCUT2D eigenvalue weighted by atomic mass is 10.6. The highest BCUT2D eigenvalue weighted by Crippen LogP contribution is 2.05. The molecule has 0 unspecified atom stereocenters. The number of nitrogens with one attached hydrogen (secondary N) is 2. The maximum Gasteiger partial charge on any atom is 0.449 e. The molecule has 0 aliphatic rings. The van der Waals surface area contributed by atoms with E-state index < -0.39 is 0 Å². The number of aromatic nitrogens is 9. The van der Waals surface area contributed by atoms with Crippen LogP contribution in [0.25, 0.3) is 5.95 Å². The Morgan fingerprint density at radius 3 is 2.45 bits per heavy atom. The second kappa shape index (κ2) is 4.30. The predicted molar refractivity (Wildman–Crippen MR) is 65.8 cm³/mol. The van der Waals surface area contributed by atoms with E-state index in [1.54, 1.807) is 0 Å². The van der Waals surface area contributed by atoms with Crippen molar-refractivity contribution in [3.63, 3.8) is 0 Å². The molecule has 3 aromatic heterocycles. The number of nitrogens with two attached hydrogens (primary N) is 3. The largest absolute Gasteiger partial charge is 0.449 e. The van der Waals surface area contributed by atoms with E-state index >= 15 is 0 Å². The van der Waals surface area contributed by atoms with Crippen molar-refractivity contribution < 1.29 is 4.68 Å². The number of rotatable bonds is 3. The van der Waals surface area contributed by atoms with Crippen LogP contribution in [0.1, 0.15) is 0 Å². The molecule has 0 saturated heterocycles. The Morgan fingerprint density at radius 2 is 1.90 bits per heavy atom. The van der Waals surface area contributed by atoms with Crippen LogP contribution in [0.4, 0.5) is 23.5 Å². The SMILES string of the molecule is Nc1cn(N)[n+](-c2nnc(Nc3n[nH]c(N)n3)nn2)c1. The van der Waals surface area contributed by atoms with E-state index in [0.717, 1.165) is 0 Å². The molecule has 13 heteroatoms. The summed E-state index contributed by atoms with van der Waals surface area (Å²) in [6.07, 6.45) is 3.02. The fourth-order valence-corrected chi connectivity index (χ4v) is 1.41. The van der Waals surface area contributed by atoms with Gasteiger partial charge in [0.15, 0.2) is 0 Å². The second-order valence-electron chi connectivity index (χ2n) is 3.68. The Kier molecular flexibility index (Phi) is 2.49. The molecule has 0 radical (unpaired) electrons. The van der Waals surface area contributed by atoms with Gasteiger partial charge in [-0.15, -0.1) is 14.6 Å². The van der Waals surface area contributed by atoms with Crippen LogP contribution in [-0.2, 0) is 0 Å². The van der Waals surface area contributed by atoms with Crippen LogP contribution in [0.5, 0.6) is 0 Å². The van der Waals surface area contributed by atoms with Crippen molar-refractivity contribution in [3.8, 4) is 5.95 Å². The van der Waals surface area contributed by atoms with Gasteiger partial charge in [-0.3, -0.25) is 11.2 Å². The molecule has 0 aromatic carbocycles. The Balaban J connectivity index is 1.82. The van der Waals surface area contributed by atoms with Crippen LogP contribution < -0.4 is 27.3 Å². The fraction of sp³-hybridized carbons (Fsp3) is 0. The van der Waals surface area contributed by atoms with Crippen molar-refractivity contribution >= 4 is 23.5 Å². The first-order chi connectivity index (χ1) is 9.61. The van der Waals surface area contributed by atoms with Gasteiger partial charge in [0.1, 0.15) is 6.20 Å². The second-order valence-corrected chi connectivity index (χ2v) is 3.68. The highest BCUT2D eigenvalue weighted by atomic mass is 15.6. The standard InChI is InChI=1S/C7H10N13/c8-3-1-19(20(10)2-3)7-17-15-6(16-18-7)12-5-11-4(9)13-14-5/h1-2H,8,10H2,(H4,9,11,12,13,14,15,16)/q+1. The third-order valence-electron chi connectivity index (χ3n) is 2.20. The van der Waals surface area contributed by atoms with E-state index in [2.05, 4.69) is 40.9 Å². The van der Waals surface area contributed by atoms with Crippen molar-refractivity contribution in [1.82, 2.24) is 40.4 Å². The summed E-state index contributed by atoms with van der Waals surface area (Å²) in [7, 11) is 0. The summed E-state index contributed by atoms with van der Waals surface area (Å²) in [5.74, 6) is 6.28. The summed E-state index contributed by atoms with van der Waals surface area (Å²) in [5.41, 5.74) is 11.4. The molecule has 3 rings (SSSR count). The maximum atomic E-state index is 5.65. The van der Waals surface area contributed by atoms with E-state index in [4.69, 9.17) is 17.3 Å². The third-order valence-corrected chi connectivity index (χ3v) is 2.20. The Labute approximate surface area is 110 Å². The molecule has 0 amide bonds. The van der Waals surface area contributed by atoms with E-state index in [-0.39, 0.29) is 23.8 Å². The van der Waals surface area contributed by atoms with Crippen molar-refractivity contribution in [2.45, 2.75) is 0 Å². The van der Waals surface area contributed by atoms with Gasteiger partial charge in [0.25, 0.3) is 11.9 Å². The average molecular weight is 276 g/mol. The lowest BCUT2D eigenvalue weighted by Gasteiger charge is -1.96. The summed E-state index contributed by atoms with van der Waals surface area (Å²) in [6, 6.07) is 0. The molecule has 0 bridgehead atoms. The number of nitrogen functional groups attached to an aromatic ring is 3. The molecule has 0 atom stereocenters. The molecule has 13 nitrogen and oxygen atoms in total. The minimum Gasteiger partial charge on any atom is -0.395 e. The number of H-pyrrole nitrogens is 1. The van der Waals surface area contributed by atoms with Crippen molar-refractivity contribution in [2.24, 2.45) is 0 Å². The first-order valence-electron chi connectivity index (χ1n) is 5.29. The topological polar surface area (TPSA) is 192 Å². The molecule has 102 valence electrons. The monoisotopic (exact) mass is 276 g/mol. The highest BCUT2D eigenvalue weighted by Gasteiger charge is 2.15. The van der Waals surface area contributed by atoms with E-state index in [0.29, 0.717) is 5.69 Å². The molecule has 0 aliphatic heterocycles. The molecule has 3 heterocycles. The molecular formula is C7H10N13+. The Hall–Kier alpha value is -3.51. The summed E-state index contributed by atoms with van der Waals surface area (Å²) in [5, 5.41) is 24.2. The smallest absolute Gasteiger partial charge is 0.395 e. The van der Waals surface area contributed by atoms with Gasteiger partial charge in [0.2, 0.25) is 5.95 Å². The van der Waals surface area contributed by atoms with Crippen LogP contribution in [0.3, 0.4) is 0 Å². The zero-order valence-corrected chi connectivity index (χ0v) is 9.96. The van der Waals surface area contributed by atoms with Gasteiger partial charge in [-0.1, -0.05) is 0 Å². The summed E-state index contributed by atoms with van der Waals surface area (Å²) in [4.78, 5) is 5.03. The van der Waals surface area contributed by atoms with Crippen molar-refractivity contribution in [1.29, 1.82) is 0 Å². The van der Waals surface area contributed by atoms with Crippen LogP contribution in [0.2, 0.25) is 0 Å². The Bertz CT molecular complexity index is 724. The van der Waals surface area contributed by atoms with Gasteiger partial charge in [0, 0.05) is 10.2 Å². The molecule has 0 spiro atoms. The third kappa shape index (κ3) is 2.09. The fourth-order valence-electron chi connectivity index (χ4n) is 1.41. The van der Waals surface area contributed by atoms with Gasteiger partial charge >= 0.3 is 5.95 Å². The van der Waals surface area contributed by atoms with Crippen LogP contribution >= 0.6 is 0 Å². The van der Waals surface area contributed by atoms with Gasteiger partial charge in [-0.05, 0) is 10.2 Å². The van der Waals surface area contributed by atoms with E-state index in [9.17, 15) is 0 Å². The first kappa shape index (κ1) is 11.6. The van der Waals surface area contributed by atoms with Gasteiger partial charge in [0.05, 0.1) is 11.9 Å². The lowest BCUT2D eigenvalue weighted by molar-refractivity contribution is -0.686. The first-order valence-corrected chi connectivity index (χ1v) is 5.29. The van der Waals surface area contributed by atoms with E-state index in [1.807, 2.05) is 0 Å². The maximum absolute atomic E-state index is 5.65. The number of anilines is 4. The number of nitrogens with zero attached hydrogens (tertiary/aromatic N) is 8. The average Bonchev–Trinajstić information content (AvgIpc) is 2.96. The molecule has 0 fully saturated rings.